The molecule has 0 amide bonds. The number of hydrogen-bond donors (Lipinski definition) is 1. The first-order valence-electron chi connectivity index (χ1n) is 8.52. The second-order valence-corrected chi connectivity index (χ2v) is 6.76. The summed E-state index contributed by atoms with van der Waals surface area (Å²) in [4.78, 5) is 12.3. The molecule has 1 aromatic rings. The van der Waals surface area contributed by atoms with Crippen LogP contribution in [0.3, 0.4) is 0 Å². The van der Waals surface area contributed by atoms with Gasteiger partial charge in [-0.25, -0.2) is 0 Å². The molecule has 0 bridgehead atoms. The lowest BCUT2D eigenvalue weighted by Gasteiger charge is -2.40. The number of carbonyl (C=O) groups is 1. The number of aliphatic hydroxyl groups excluding tert-OH is 1. The summed E-state index contributed by atoms with van der Waals surface area (Å²) >= 11 is 0. The SMILES string of the molecule is CC[C@@H]1C[C@H](CC(=O)C[C@H](O)c2ccc(OC)cc2)OC(C)(C)O1. The maximum Gasteiger partial charge on any atom is 0.163 e. The summed E-state index contributed by atoms with van der Waals surface area (Å²) in [6.45, 7) is 5.81. The normalized spacial score (nSPS) is 24.4. The van der Waals surface area contributed by atoms with Crippen molar-refractivity contribution in [3.8, 4) is 5.75 Å². The molecule has 0 spiro atoms. The lowest BCUT2D eigenvalue weighted by Crippen LogP contribution is -2.45. The number of benzene rings is 1. The zero-order chi connectivity index (χ0) is 17.7. The number of methoxy groups -OCH3 is 1. The van der Waals surface area contributed by atoms with E-state index in [1.165, 1.54) is 0 Å². The monoisotopic (exact) mass is 336 g/mol. The van der Waals surface area contributed by atoms with Crippen LogP contribution in [0.5, 0.6) is 5.75 Å². The molecule has 0 aromatic heterocycles. The molecule has 24 heavy (non-hydrogen) atoms. The van der Waals surface area contributed by atoms with Crippen molar-refractivity contribution in [2.45, 2.75) is 70.6 Å². The van der Waals surface area contributed by atoms with E-state index < -0.39 is 11.9 Å². The smallest absolute Gasteiger partial charge is 0.163 e. The van der Waals surface area contributed by atoms with Gasteiger partial charge in [0.15, 0.2) is 5.79 Å². The number of carbonyl (C=O) groups excluding carboxylic acids is 1. The van der Waals surface area contributed by atoms with Crippen molar-refractivity contribution in [2.24, 2.45) is 0 Å². The van der Waals surface area contributed by atoms with Crippen molar-refractivity contribution in [2.75, 3.05) is 7.11 Å². The Balaban J connectivity index is 1.89. The van der Waals surface area contributed by atoms with Gasteiger partial charge in [0.1, 0.15) is 11.5 Å². The second-order valence-electron chi connectivity index (χ2n) is 6.76. The van der Waals surface area contributed by atoms with Crippen LogP contribution in [0.25, 0.3) is 0 Å². The van der Waals surface area contributed by atoms with E-state index >= 15 is 0 Å². The molecule has 1 aliphatic rings. The summed E-state index contributed by atoms with van der Waals surface area (Å²) < 4.78 is 16.8. The Labute approximate surface area is 143 Å². The van der Waals surface area contributed by atoms with Crippen molar-refractivity contribution < 1.29 is 24.1 Å². The molecule has 5 heteroatoms. The van der Waals surface area contributed by atoms with E-state index in [0.717, 1.165) is 12.2 Å². The van der Waals surface area contributed by atoms with Gasteiger partial charge >= 0.3 is 0 Å². The number of rotatable bonds is 7. The summed E-state index contributed by atoms with van der Waals surface area (Å²) in [6.07, 6.45) is 1.14. The molecule has 1 fully saturated rings. The average Bonchev–Trinajstić information content (AvgIpc) is 2.53. The molecule has 3 atom stereocenters. The molecule has 1 N–H and O–H groups in total. The van der Waals surface area contributed by atoms with Gasteiger partial charge in [0.05, 0.1) is 25.4 Å². The highest BCUT2D eigenvalue weighted by atomic mass is 16.7. The van der Waals surface area contributed by atoms with Crippen LogP contribution in [-0.2, 0) is 14.3 Å². The summed E-state index contributed by atoms with van der Waals surface area (Å²) in [6, 6.07) is 7.11. The van der Waals surface area contributed by atoms with Crippen LogP contribution in [0.15, 0.2) is 24.3 Å². The Morgan fingerprint density at radius 3 is 2.50 bits per heavy atom. The summed E-state index contributed by atoms with van der Waals surface area (Å²) in [7, 11) is 1.59. The third-order valence-electron chi connectivity index (χ3n) is 4.26. The third-order valence-corrected chi connectivity index (χ3v) is 4.26. The fraction of sp³-hybridized carbons (Fsp3) is 0.632. The van der Waals surface area contributed by atoms with Gasteiger partial charge < -0.3 is 19.3 Å². The van der Waals surface area contributed by atoms with Crippen molar-refractivity contribution in [3.05, 3.63) is 29.8 Å². The Morgan fingerprint density at radius 2 is 1.92 bits per heavy atom. The summed E-state index contributed by atoms with van der Waals surface area (Å²) in [5.41, 5.74) is 0.712. The van der Waals surface area contributed by atoms with E-state index in [0.29, 0.717) is 18.4 Å². The van der Waals surface area contributed by atoms with Crippen LogP contribution in [0, 0.1) is 0 Å². The Kier molecular flexibility index (Phi) is 6.38. The van der Waals surface area contributed by atoms with Crippen LogP contribution >= 0.6 is 0 Å². The number of Topliss-reactive ketones (excluding diaryl/α,β-unsaturated/α-hetero) is 1. The molecule has 0 unspecified atom stereocenters. The van der Waals surface area contributed by atoms with E-state index in [9.17, 15) is 9.90 Å². The maximum atomic E-state index is 12.3. The minimum Gasteiger partial charge on any atom is -0.497 e. The first kappa shape index (κ1) is 18.9. The third kappa shape index (κ3) is 5.30. The van der Waals surface area contributed by atoms with Crippen molar-refractivity contribution >= 4 is 5.78 Å². The van der Waals surface area contributed by atoms with Gasteiger partial charge in [0.25, 0.3) is 0 Å². The number of ketones is 1. The number of hydrogen-bond acceptors (Lipinski definition) is 5. The van der Waals surface area contributed by atoms with Gasteiger partial charge in [0.2, 0.25) is 0 Å². The predicted molar refractivity (Wildman–Crippen MR) is 90.9 cm³/mol. The predicted octanol–water partition coefficient (Wildman–Crippen LogP) is 3.40. The van der Waals surface area contributed by atoms with Crippen LogP contribution in [0.4, 0.5) is 0 Å². The molecule has 0 saturated carbocycles. The topological polar surface area (TPSA) is 65.0 Å². The zero-order valence-corrected chi connectivity index (χ0v) is 15.0. The van der Waals surface area contributed by atoms with Crippen LogP contribution < -0.4 is 4.74 Å². The van der Waals surface area contributed by atoms with Gasteiger partial charge in [-0.1, -0.05) is 19.1 Å². The molecule has 134 valence electrons. The zero-order valence-electron chi connectivity index (χ0n) is 15.0. The molecular weight excluding hydrogens is 308 g/mol. The lowest BCUT2D eigenvalue weighted by atomic mass is 9.97. The highest BCUT2D eigenvalue weighted by Crippen LogP contribution is 2.30. The summed E-state index contributed by atoms with van der Waals surface area (Å²) in [5, 5.41) is 10.3. The van der Waals surface area contributed by atoms with Crippen molar-refractivity contribution in [1.29, 1.82) is 0 Å². The van der Waals surface area contributed by atoms with E-state index in [1.54, 1.807) is 31.4 Å². The molecular formula is C19H28O5. The fourth-order valence-electron chi connectivity index (χ4n) is 3.09. The Bertz CT molecular complexity index is 537. The van der Waals surface area contributed by atoms with Crippen LogP contribution in [0.1, 0.15) is 58.1 Å². The molecule has 1 heterocycles. The van der Waals surface area contributed by atoms with Gasteiger partial charge in [0, 0.05) is 19.3 Å². The van der Waals surface area contributed by atoms with E-state index in [4.69, 9.17) is 14.2 Å². The number of aliphatic hydroxyl groups is 1. The minimum atomic E-state index is -0.807. The molecule has 0 aliphatic carbocycles. The molecule has 1 aliphatic heterocycles. The molecule has 5 nitrogen and oxygen atoms in total. The second kappa shape index (κ2) is 8.10. The van der Waals surface area contributed by atoms with Gasteiger partial charge in [-0.3, -0.25) is 4.79 Å². The highest BCUT2D eigenvalue weighted by molar-refractivity contribution is 5.79. The molecule has 2 rings (SSSR count). The van der Waals surface area contributed by atoms with E-state index in [-0.39, 0.29) is 24.4 Å². The highest BCUT2D eigenvalue weighted by Gasteiger charge is 2.35. The average molecular weight is 336 g/mol. The van der Waals surface area contributed by atoms with Crippen LogP contribution in [0.2, 0.25) is 0 Å². The maximum absolute atomic E-state index is 12.3. The first-order valence-corrected chi connectivity index (χ1v) is 8.52. The van der Waals surface area contributed by atoms with Crippen molar-refractivity contribution in [1.82, 2.24) is 0 Å². The standard InChI is InChI=1S/C19H28O5/c1-5-15-12-17(24-19(2,3)23-15)10-14(20)11-18(21)13-6-8-16(22-4)9-7-13/h6-9,15,17-18,21H,5,10-12H2,1-4H3/t15-,17+,18+/m1/s1. The van der Waals surface area contributed by atoms with Crippen molar-refractivity contribution in [3.63, 3.8) is 0 Å². The van der Waals surface area contributed by atoms with E-state index in [2.05, 4.69) is 6.92 Å². The van der Waals surface area contributed by atoms with Gasteiger partial charge in [-0.15, -0.1) is 0 Å². The molecule has 1 aromatic carbocycles. The number of ether oxygens (including phenoxy) is 3. The first-order chi connectivity index (χ1) is 11.3. The molecule has 0 radical (unpaired) electrons. The van der Waals surface area contributed by atoms with E-state index in [1.807, 2.05) is 13.8 Å². The van der Waals surface area contributed by atoms with Crippen LogP contribution in [-0.4, -0.2) is 36.0 Å². The Hall–Kier alpha value is -1.43. The minimum absolute atomic E-state index is 0.00382. The lowest BCUT2D eigenvalue weighted by molar-refractivity contribution is -0.299. The fourth-order valence-corrected chi connectivity index (χ4v) is 3.09. The quantitative estimate of drug-likeness (QED) is 0.827. The largest absolute Gasteiger partial charge is 0.497 e. The van der Waals surface area contributed by atoms with Gasteiger partial charge in [-0.05, 0) is 38.0 Å². The summed E-state index contributed by atoms with van der Waals surface area (Å²) in [5.74, 6) is 0.0509. The molecule has 1 saturated heterocycles. The Morgan fingerprint density at radius 1 is 1.29 bits per heavy atom. The van der Waals surface area contributed by atoms with Gasteiger partial charge in [-0.2, -0.15) is 0 Å².